The Bertz CT molecular complexity index is 943. The van der Waals surface area contributed by atoms with Gasteiger partial charge in [0.05, 0.1) is 4.92 Å². The number of hydrogen-bond donors (Lipinski definition) is 2. The van der Waals surface area contributed by atoms with Gasteiger partial charge in [0.15, 0.2) is 0 Å². The van der Waals surface area contributed by atoms with E-state index in [1.54, 1.807) is 0 Å². The average Bonchev–Trinajstić information content (AvgIpc) is 2.86. The van der Waals surface area contributed by atoms with Crippen molar-refractivity contribution >= 4 is 23.0 Å². The van der Waals surface area contributed by atoms with E-state index in [1.807, 2.05) is 0 Å². The summed E-state index contributed by atoms with van der Waals surface area (Å²) in [6.45, 7) is 2.78. The third kappa shape index (κ3) is 12.9. The lowest BCUT2D eigenvalue weighted by molar-refractivity contribution is -0.383. The third-order valence-corrected chi connectivity index (χ3v) is 6.18. The number of nitrogens with one attached hydrogen (secondary N) is 2. The number of halogens is 3. The van der Waals surface area contributed by atoms with E-state index in [-0.39, 0.29) is 17.3 Å². The van der Waals surface area contributed by atoms with Crippen LogP contribution in [-0.2, 0) is 0 Å². The van der Waals surface area contributed by atoms with Gasteiger partial charge in [-0.05, 0) is 30.7 Å². The van der Waals surface area contributed by atoms with Gasteiger partial charge in [-0.15, -0.1) is 13.2 Å². The molecule has 0 fully saturated rings. The molecule has 212 valence electrons. The third-order valence-electron chi connectivity index (χ3n) is 6.18. The predicted molar refractivity (Wildman–Crippen MR) is 144 cm³/mol. The van der Waals surface area contributed by atoms with E-state index in [1.165, 1.54) is 89.1 Å². The van der Waals surface area contributed by atoms with Crippen molar-refractivity contribution in [2.24, 2.45) is 0 Å². The van der Waals surface area contributed by atoms with Crippen molar-refractivity contribution in [3.63, 3.8) is 0 Å². The zero-order valence-electron chi connectivity index (χ0n) is 22.2. The van der Waals surface area contributed by atoms with E-state index in [0.717, 1.165) is 31.4 Å². The van der Waals surface area contributed by atoms with Crippen molar-refractivity contribution in [1.29, 1.82) is 0 Å². The van der Waals surface area contributed by atoms with Crippen LogP contribution in [0.4, 0.5) is 36.2 Å². The number of nitrogens with zero attached hydrogens (tertiary/aromatic N) is 3. The van der Waals surface area contributed by atoms with E-state index >= 15 is 0 Å². The van der Waals surface area contributed by atoms with Crippen LogP contribution in [-0.4, -0.2) is 27.8 Å². The number of ether oxygens (including phenoxy) is 1. The lowest BCUT2D eigenvalue weighted by Crippen LogP contribution is -2.17. The first-order chi connectivity index (χ1) is 18.3. The number of anilines is 3. The standard InChI is InChI=1S/C27H40F3N5O3/c1-2-3-4-5-6-7-8-9-10-11-12-13-14-15-20-31-25-24(35(36)37)26(33-21-32-25)34-22-16-18-23(19-17-22)38-27(28,29)30/h16-19,21H,2-15,20H2,1H3,(H2,31,32,33,34). The number of unbranched alkanes of at least 4 members (excludes halogenated alkanes) is 13. The fourth-order valence-corrected chi connectivity index (χ4v) is 4.18. The molecular weight excluding hydrogens is 499 g/mol. The maximum absolute atomic E-state index is 12.3. The molecule has 2 N–H and O–H groups in total. The van der Waals surface area contributed by atoms with Crippen LogP contribution in [0.25, 0.3) is 0 Å². The molecule has 2 rings (SSSR count). The van der Waals surface area contributed by atoms with Crippen molar-refractivity contribution in [2.75, 3.05) is 17.2 Å². The summed E-state index contributed by atoms with van der Waals surface area (Å²) in [6, 6.07) is 4.85. The molecule has 1 aromatic heterocycles. The van der Waals surface area contributed by atoms with E-state index in [0.29, 0.717) is 12.2 Å². The van der Waals surface area contributed by atoms with Crippen LogP contribution in [0.2, 0.25) is 0 Å². The van der Waals surface area contributed by atoms with Gasteiger partial charge in [-0.2, -0.15) is 0 Å². The zero-order valence-corrected chi connectivity index (χ0v) is 22.2. The highest BCUT2D eigenvalue weighted by Gasteiger charge is 2.31. The molecule has 0 amide bonds. The SMILES string of the molecule is CCCCCCCCCCCCCCCCNc1ncnc(Nc2ccc(OC(F)(F)F)cc2)c1[N+](=O)[O-]. The molecule has 0 saturated heterocycles. The van der Waals surface area contributed by atoms with Crippen molar-refractivity contribution in [2.45, 2.75) is 103 Å². The smallest absolute Gasteiger partial charge is 0.406 e. The van der Waals surface area contributed by atoms with Crippen LogP contribution in [0.5, 0.6) is 5.75 Å². The summed E-state index contributed by atoms with van der Waals surface area (Å²) in [5.74, 6) is -0.354. The van der Waals surface area contributed by atoms with Gasteiger partial charge in [0.25, 0.3) is 0 Å². The van der Waals surface area contributed by atoms with E-state index in [9.17, 15) is 23.3 Å². The number of rotatable bonds is 20. The zero-order chi connectivity index (χ0) is 27.6. The lowest BCUT2D eigenvalue weighted by atomic mass is 10.0. The van der Waals surface area contributed by atoms with E-state index < -0.39 is 17.0 Å². The van der Waals surface area contributed by atoms with Gasteiger partial charge in [0.1, 0.15) is 12.1 Å². The molecule has 8 nitrogen and oxygen atoms in total. The summed E-state index contributed by atoms with van der Waals surface area (Å²) < 4.78 is 40.8. The Morgan fingerprint density at radius 3 is 1.82 bits per heavy atom. The first kappa shape index (κ1) is 31.1. The van der Waals surface area contributed by atoms with Gasteiger partial charge >= 0.3 is 12.0 Å². The summed E-state index contributed by atoms with van der Waals surface area (Å²) >= 11 is 0. The molecule has 0 aliphatic carbocycles. The molecule has 0 aliphatic heterocycles. The van der Waals surface area contributed by atoms with Crippen molar-refractivity contribution in [3.8, 4) is 5.75 Å². The van der Waals surface area contributed by atoms with Gasteiger partial charge in [0, 0.05) is 12.2 Å². The molecule has 1 aromatic carbocycles. The molecule has 0 saturated carbocycles. The van der Waals surface area contributed by atoms with Crippen molar-refractivity contribution in [1.82, 2.24) is 9.97 Å². The van der Waals surface area contributed by atoms with Gasteiger partial charge in [-0.3, -0.25) is 10.1 Å². The average molecular weight is 540 g/mol. The van der Waals surface area contributed by atoms with Crippen LogP contribution >= 0.6 is 0 Å². The van der Waals surface area contributed by atoms with Gasteiger partial charge < -0.3 is 15.4 Å². The molecule has 0 aliphatic rings. The predicted octanol–water partition coefficient (Wildman–Crippen LogP) is 8.92. The maximum Gasteiger partial charge on any atom is 0.573 e. The number of aromatic nitrogens is 2. The fourth-order valence-electron chi connectivity index (χ4n) is 4.18. The molecular formula is C27H40F3N5O3. The Kier molecular flexibility index (Phi) is 14.3. The van der Waals surface area contributed by atoms with Gasteiger partial charge in [-0.25, -0.2) is 9.97 Å². The quantitative estimate of drug-likeness (QED) is 0.0983. The van der Waals surface area contributed by atoms with Crippen molar-refractivity contribution in [3.05, 3.63) is 40.7 Å². The second-order valence-electron chi connectivity index (χ2n) is 9.40. The minimum Gasteiger partial charge on any atom is -0.406 e. The second kappa shape index (κ2) is 17.4. The largest absolute Gasteiger partial charge is 0.573 e. The monoisotopic (exact) mass is 539 g/mol. The van der Waals surface area contributed by atoms with Crippen LogP contribution in [0, 0.1) is 10.1 Å². The molecule has 11 heteroatoms. The highest BCUT2D eigenvalue weighted by Crippen LogP contribution is 2.32. The first-order valence-electron chi connectivity index (χ1n) is 13.7. The maximum atomic E-state index is 12.3. The summed E-state index contributed by atoms with van der Waals surface area (Å²) in [4.78, 5) is 19.1. The molecule has 1 heterocycles. The molecule has 38 heavy (non-hydrogen) atoms. The van der Waals surface area contributed by atoms with Crippen LogP contribution in [0.3, 0.4) is 0 Å². The summed E-state index contributed by atoms with van der Waals surface area (Å²) in [7, 11) is 0. The molecule has 0 spiro atoms. The molecule has 0 radical (unpaired) electrons. The number of benzene rings is 1. The summed E-state index contributed by atoms with van der Waals surface area (Å²) in [5, 5.41) is 17.5. The Labute approximate surface area is 222 Å². The van der Waals surface area contributed by atoms with Gasteiger partial charge in [-0.1, -0.05) is 90.4 Å². The normalized spacial score (nSPS) is 11.4. The Morgan fingerprint density at radius 1 is 0.816 bits per heavy atom. The minimum absolute atomic E-state index is 0.0575. The van der Waals surface area contributed by atoms with Crippen LogP contribution in [0.15, 0.2) is 30.6 Å². The number of hydrogen-bond acceptors (Lipinski definition) is 7. The number of nitro groups is 1. The number of alkyl halides is 3. The van der Waals surface area contributed by atoms with Gasteiger partial charge in [0.2, 0.25) is 11.6 Å². The molecule has 0 atom stereocenters. The highest BCUT2D eigenvalue weighted by atomic mass is 19.4. The van der Waals surface area contributed by atoms with Crippen molar-refractivity contribution < 1.29 is 22.8 Å². The summed E-state index contributed by atoms with van der Waals surface area (Å²) in [5.41, 5.74) is -0.00673. The molecule has 0 unspecified atom stereocenters. The summed E-state index contributed by atoms with van der Waals surface area (Å²) in [6.07, 6.45) is 13.9. The highest BCUT2D eigenvalue weighted by molar-refractivity contribution is 5.73. The topological polar surface area (TPSA) is 102 Å². The fraction of sp³-hybridized carbons (Fsp3) is 0.630. The first-order valence-corrected chi connectivity index (χ1v) is 13.7. The lowest BCUT2D eigenvalue weighted by Gasteiger charge is -2.11. The molecule has 2 aromatic rings. The Hall–Kier alpha value is -3.11. The Morgan fingerprint density at radius 2 is 1.32 bits per heavy atom. The molecule has 0 bridgehead atoms. The second-order valence-corrected chi connectivity index (χ2v) is 9.40. The van der Waals surface area contributed by atoms with E-state index in [4.69, 9.17) is 0 Å². The minimum atomic E-state index is -4.80. The van der Waals surface area contributed by atoms with Crippen LogP contribution < -0.4 is 15.4 Å². The van der Waals surface area contributed by atoms with E-state index in [2.05, 4.69) is 32.3 Å². The van der Waals surface area contributed by atoms with Crippen LogP contribution in [0.1, 0.15) is 96.8 Å². The Balaban J connectivity index is 1.68.